The monoisotopic (exact) mass is 287 g/mol. The van der Waals surface area contributed by atoms with Crippen LogP contribution in [-0.4, -0.2) is 26.8 Å². The van der Waals surface area contributed by atoms with E-state index in [1.165, 1.54) is 0 Å². The van der Waals surface area contributed by atoms with Crippen LogP contribution in [0.3, 0.4) is 0 Å². The highest BCUT2D eigenvalue weighted by atomic mass is 16.4. The highest BCUT2D eigenvalue weighted by Crippen LogP contribution is 2.07. The molecule has 6 nitrogen and oxygen atoms in total. The lowest BCUT2D eigenvalue weighted by atomic mass is 10.1. The standard InChI is InChI=1S/C15H17N3O3/c19-14(5-6-15(20)21)16-10-12-3-1-4-13(9-12)11-18-8-2-7-17-18/h1-4,7-9H,5-6,10-11H2,(H,16,19)(H,20,21). The molecule has 0 bridgehead atoms. The van der Waals surface area contributed by atoms with Crippen molar-refractivity contribution >= 4 is 11.9 Å². The predicted molar refractivity (Wildman–Crippen MR) is 76.5 cm³/mol. The summed E-state index contributed by atoms with van der Waals surface area (Å²) in [5, 5.41) is 15.4. The Bertz CT molecular complexity index is 608. The van der Waals surface area contributed by atoms with Gasteiger partial charge in [0.15, 0.2) is 0 Å². The Kier molecular flexibility index (Phi) is 5.09. The second-order valence-corrected chi connectivity index (χ2v) is 4.69. The highest BCUT2D eigenvalue weighted by molar-refractivity contribution is 5.80. The number of carbonyl (C=O) groups excluding carboxylic acids is 1. The molecule has 0 aliphatic heterocycles. The number of carbonyl (C=O) groups is 2. The number of aromatic nitrogens is 2. The summed E-state index contributed by atoms with van der Waals surface area (Å²) in [5.74, 6) is -1.22. The maximum absolute atomic E-state index is 11.5. The van der Waals surface area contributed by atoms with Gasteiger partial charge in [0.05, 0.1) is 13.0 Å². The molecule has 1 aromatic heterocycles. The van der Waals surface area contributed by atoms with Gasteiger partial charge in [-0.15, -0.1) is 0 Å². The largest absolute Gasteiger partial charge is 0.481 e. The molecule has 0 saturated carbocycles. The van der Waals surface area contributed by atoms with Crippen molar-refractivity contribution < 1.29 is 14.7 Å². The lowest BCUT2D eigenvalue weighted by Gasteiger charge is -2.07. The number of hydrogen-bond acceptors (Lipinski definition) is 3. The van der Waals surface area contributed by atoms with E-state index >= 15 is 0 Å². The molecule has 0 aliphatic rings. The molecule has 0 spiro atoms. The zero-order valence-corrected chi connectivity index (χ0v) is 11.5. The van der Waals surface area contributed by atoms with Crippen LogP contribution < -0.4 is 5.32 Å². The summed E-state index contributed by atoms with van der Waals surface area (Å²) in [6, 6.07) is 9.71. The fourth-order valence-electron chi connectivity index (χ4n) is 1.93. The Hall–Kier alpha value is -2.63. The summed E-state index contributed by atoms with van der Waals surface area (Å²) in [6.45, 7) is 1.07. The number of carboxylic acids is 1. The molecule has 21 heavy (non-hydrogen) atoms. The van der Waals surface area contributed by atoms with Gasteiger partial charge in [-0.2, -0.15) is 5.10 Å². The molecule has 1 aromatic carbocycles. The number of carboxylic acid groups (broad SMARTS) is 1. The smallest absolute Gasteiger partial charge is 0.303 e. The van der Waals surface area contributed by atoms with E-state index < -0.39 is 5.97 Å². The first-order valence-corrected chi connectivity index (χ1v) is 6.67. The summed E-state index contributed by atoms with van der Waals surface area (Å²) in [6.07, 6.45) is 3.47. The molecule has 2 N–H and O–H groups in total. The quantitative estimate of drug-likeness (QED) is 0.806. The van der Waals surface area contributed by atoms with E-state index in [-0.39, 0.29) is 18.7 Å². The van der Waals surface area contributed by atoms with Crippen LogP contribution in [0, 0.1) is 0 Å². The molecule has 1 amide bonds. The van der Waals surface area contributed by atoms with Crippen LogP contribution in [0.25, 0.3) is 0 Å². The first-order valence-electron chi connectivity index (χ1n) is 6.67. The van der Waals surface area contributed by atoms with Crippen molar-refractivity contribution in [1.29, 1.82) is 0 Å². The summed E-state index contributed by atoms with van der Waals surface area (Å²) < 4.78 is 1.82. The van der Waals surface area contributed by atoms with Crippen LogP contribution in [0.1, 0.15) is 24.0 Å². The number of amides is 1. The minimum Gasteiger partial charge on any atom is -0.481 e. The van der Waals surface area contributed by atoms with E-state index in [0.717, 1.165) is 11.1 Å². The second kappa shape index (κ2) is 7.23. The highest BCUT2D eigenvalue weighted by Gasteiger charge is 2.05. The van der Waals surface area contributed by atoms with Crippen LogP contribution in [0.5, 0.6) is 0 Å². The molecule has 2 rings (SSSR count). The Morgan fingerprint density at radius 2 is 2.00 bits per heavy atom. The molecule has 0 fully saturated rings. The molecule has 0 saturated heterocycles. The van der Waals surface area contributed by atoms with Crippen molar-refractivity contribution in [3.63, 3.8) is 0 Å². The van der Waals surface area contributed by atoms with Gasteiger partial charge in [-0.25, -0.2) is 0 Å². The Balaban J connectivity index is 1.86. The zero-order chi connectivity index (χ0) is 15.1. The molecular weight excluding hydrogens is 270 g/mol. The van der Waals surface area contributed by atoms with Crippen LogP contribution in [0.2, 0.25) is 0 Å². The van der Waals surface area contributed by atoms with Crippen molar-refractivity contribution in [3.05, 3.63) is 53.9 Å². The van der Waals surface area contributed by atoms with Crippen molar-refractivity contribution in [2.45, 2.75) is 25.9 Å². The Morgan fingerprint density at radius 3 is 2.71 bits per heavy atom. The van der Waals surface area contributed by atoms with Crippen molar-refractivity contribution in [2.24, 2.45) is 0 Å². The van der Waals surface area contributed by atoms with E-state index in [2.05, 4.69) is 10.4 Å². The number of nitrogens with one attached hydrogen (secondary N) is 1. The number of rotatable bonds is 7. The van der Waals surface area contributed by atoms with Gasteiger partial charge in [0.1, 0.15) is 0 Å². The Morgan fingerprint density at radius 1 is 1.19 bits per heavy atom. The third kappa shape index (κ3) is 5.10. The molecule has 2 aromatic rings. The fourth-order valence-corrected chi connectivity index (χ4v) is 1.93. The SMILES string of the molecule is O=C(O)CCC(=O)NCc1cccc(Cn2cccn2)c1. The second-order valence-electron chi connectivity index (χ2n) is 4.69. The van der Waals surface area contributed by atoms with E-state index in [1.54, 1.807) is 6.20 Å². The average molecular weight is 287 g/mol. The molecule has 0 unspecified atom stereocenters. The molecule has 0 radical (unpaired) electrons. The third-order valence-corrected chi connectivity index (χ3v) is 2.95. The molecular formula is C15H17N3O3. The van der Waals surface area contributed by atoms with Crippen molar-refractivity contribution in [1.82, 2.24) is 15.1 Å². The lowest BCUT2D eigenvalue weighted by molar-refractivity contribution is -0.138. The fraction of sp³-hybridized carbons (Fsp3) is 0.267. The summed E-state index contributed by atoms with van der Waals surface area (Å²) in [7, 11) is 0. The van der Waals surface area contributed by atoms with E-state index in [9.17, 15) is 9.59 Å². The molecule has 0 atom stereocenters. The van der Waals surface area contributed by atoms with E-state index in [0.29, 0.717) is 13.1 Å². The maximum atomic E-state index is 11.5. The van der Waals surface area contributed by atoms with Crippen molar-refractivity contribution in [2.75, 3.05) is 0 Å². The van der Waals surface area contributed by atoms with Crippen LogP contribution >= 0.6 is 0 Å². The minimum atomic E-state index is -0.966. The first-order chi connectivity index (χ1) is 10.1. The lowest BCUT2D eigenvalue weighted by Crippen LogP contribution is -2.23. The van der Waals surface area contributed by atoms with Crippen LogP contribution in [0.15, 0.2) is 42.7 Å². The summed E-state index contributed by atoms with van der Waals surface area (Å²) in [4.78, 5) is 21.9. The van der Waals surface area contributed by atoms with E-state index in [1.807, 2.05) is 41.2 Å². The Labute approximate surface area is 122 Å². The van der Waals surface area contributed by atoms with Crippen LogP contribution in [0.4, 0.5) is 0 Å². The van der Waals surface area contributed by atoms with Crippen molar-refractivity contribution in [3.8, 4) is 0 Å². The van der Waals surface area contributed by atoms with E-state index in [4.69, 9.17) is 5.11 Å². The summed E-state index contributed by atoms with van der Waals surface area (Å²) in [5.41, 5.74) is 2.07. The maximum Gasteiger partial charge on any atom is 0.303 e. The van der Waals surface area contributed by atoms with Gasteiger partial charge in [-0.3, -0.25) is 14.3 Å². The molecule has 110 valence electrons. The van der Waals surface area contributed by atoms with Crippen LogP contribution in [-0.2, 0) is 22.7 Å². The number of aliphatic carboxylic acids is 1. The number of benzene rings is 1. The molecule has 0 aliphatic carbocycles. The predicted octanol–water partition coefficient (Wildman–Crippen LogP) is 1.41. The third-order valence-electron chi connectivity index (χ3n) is 2.95. The van der Waals surface area contributed by atoms with Gasteiger partial charge < -0.3 is 10.4 Å². The topological polar surface area (TPSA) is 84.2 Å². The molecule has 1 heterocycles. The first kappa shape index (κ1) is 14.8. The average Bonchev–Trinajstić information content (AvgIpc) is 2.96. The zero-order valence-electron chi connectivity index (χ0n) is 11.5. The molecule has 6 heteroatoms. The number of nitrogens with zero attached hydrogens (tertiary/aromatic N) is 2. The van der Waals surface area contributed by atoms with Gasteiger partial charge in [0.2, 0.25) is 5.91 Å². The van der Waals surface area contributed by atoms with Gasteiger partial charge >= 0.3 is 5.97 Å². The minimum absolute atomic E-state index is 0.00229. The van der Waals surface area contributed by atoms with Gasteiger partial charge in [0.25, 0.3) is 0 Å². The van der Waals surface area contributed by atoms with Gasteiger partial charge in [0, 0.05) is 25.4 Å². The van der Waals surface area contributed by atoms with Gasteiger partial charge in [-0.05, 0) is 17.2 Å². The summed E-state index contributed by atoms with van der Waals surface area (Å²) >= 11 is 0. The number of hydrogen-bond donors (Lipinski definition) is 2. The normalized spacial score (nSPS) is 10.3. The van der Waals surface area contributed by atoms with Gasteiger partial charge in [-0.1, -0.05) is 24.3 Å².